The van der Waals surface area contributed by atoms with Crippen LogP contribution in [-0.4, -0.2) is 0 Å². The molecule has 4 aromatic carbocycles. The fourth-order valence-electron chi connectivity index (χ4n) is 3.19. The Balaban J connectivity index is 1.63. The van der Waals surface area contributed by atoms with Gasteiger partial charge in [0.15, 0.2) is 0 Å². The molecule has 0 bridgehead atoms. The predicted molar refractivity (Wildman–Crippen MR) is 124 cm³/mol. The first-order valence-corrected chi connectivity index (χ1v) is 10.3. The van der Waals surface area contributed by atoms with Gasteiger partial charge in [-0.1, -0.05) is 77.3 Å². The fraction of sp³-hybridized carbons (Fsp3) is 0.0833. The number of ether oxygens (including phenoxy) is 1. The highest BCUT2D eigenvalue weighted by Crippen LogP contribution is 2.31. The minimum Gasteiger partial charge on any atom is -0.489 e. The molecule has 0 saturated carbocycles. The monoisotopic (exact) mass is 441 g/mol. The van der Waals surface area contributed by atoms with Gasteiger partial charge in [-0.25, -0.2) is 0 Å². The van der Waals surface area contributed by atoms with Gasteiger partial charge in [-0.2, -0.15) is 0 Å². The molecule has 0 radical (unpaired) electrons. The number of benzene rings is 4. The molecular formula is C24H18Cl3NO. The smallest absolute Gasteiger partial charge is 0.125 e. The Labute approximate surface area is 185 Å². The third kappa shape index (κ3) is 4.79. The molecule has 5 heteroatoms. The standard InChI is InChI=1S/C24H18Cl3NO/c25-18-8-5-16(6-9-18)15-29-24-12-7-17-3-1-2-4-20(17)21(24)14-28-23-13-19(26)10-11-22(23)27/h1-13,28H,14-15H2. The van der Waals surface area contributed by atoms with Gasteiger partial charge in [0.2, 0.25) is 0 Å². The second-order valence-electron chi connectivity index (χ2n) is 6.66. The molecular weight excluding hydrogens is 425 g/mol. The highest BCUT2D eigenvalue weighted by molar-refractivity contribution is 6.35. The first kappa shape index (κ1) is 19.9. The minimum absolute atomic E-state index is 0.459. The van der Waals surface area contributed by atoms with E-state index in [9.17, 15) is 0 Å². The second kappa shape index (κ2) is 8.96. The molecule has 0 aliphatic rings. The third-order valence-electron chi connectivity index (χ3n) is 4.69. The summed E-state index contributed by atoms with van der Waals surface area (Å²) in [4.78, 5) is 0. The maximum atomic E-state index is 6.31. The van der Waals surface area contributed by atoms with Crippen molar-refractivity contribution in [1.82, 2.24) is 0 Å². The average molecular weight is 443 g/mol. The molecule has 0 aliphatic carbocycles. The van der Waals surface area contributed by atoms with E-state index in [-0.39, 0.29) is 0 Å². The van der Waals surface area contributed by atoms with Crippen molar-refractivity contribution in [2.45, 2.75) is 13.2 Å². The van der Waals surface area contributed by atoms with Crippen LogP contribution in [0, 0.1) is 0 Å². The lowest BCUT2D eigenvalue weighted by Gasteiger charge is -2.16. The van der Waals surface area contributed by atoms with Crippen molar-refractivity contribution in [1.29, 1.82) is 0 Å². The van der Waals surface area contributed by atoms with Crippen LogP contribution in [0.1, 0.15) is 11.1 Å². The Morgan fingerprint density at radius 3 is 2.34 bits per heavy atom. The Kier molecular flexibility index (Phi) is 6.15. The molecule has 0 amide bonds. The first-order chi connectivity index (χ1) is 14.1. The predicted octanol–water partition coefficient (Wildman–Crippen LogP) is 7.99. The molecule has 2 nitrogen and oxygen atoms in total. The van der Waals surface area contributed by atoms with Crippen LogP contribution in [0.5, 0.6) is 5.75 Å². The van der Waals surface area contributed by atoms with Crippen molar-refractivity contribution < 1.29 is 4.74 Å². The molecule has 0 aliphatic heterocycles. The topological polar surface area (TPSA) is 21.3 Å². The number of fused-ring (bicyclic) bond motifs is 1. The normalized spacial score (nSPS) is 10.9. The van der Waals surface area contributed by atoms with Crippen LogP contribution in [0.25, 0.3) is 10.8 Å². The van der Waals surface area contributed by atoms with E-state index < -0.39 is 0 Å². The van der Waals surface area contributed by atoms with E-state index in [0.29, 0.717) is 28.2 Å². The zero-order valence-corrected chi connectivity index (χ0v) is 17.7. The van der Waals surface area contributed by atoms with Gasteiger partial charge in [-0.05, 0) is 52.7 Å². The van der Waals surface area contributed by atoms with Gasteiger partial charge < -0.3 is 10.1 Å². The molecule has 0 fully saturated rings. The van der Waals surface area contributed by atoms with Crippen molar-refractivity contribution in [3.63, 3.8) is 0 Å². The number of hydrogen-bond donors (Lipinski definition) is 1. The van der Waals surface area contributed by atoms with Crippen LogP contribution < -0.4 is 10.1 Å². The highest BCUT2D eigenvalue weighted by atomic mass is 35.5. The van der Waals surface area contributed by atoms with E-state index in [1.807, 2.05) is 48.5 Å². The Hall–Kier alpha value is -2.39. The van der Waals surface area contributed by atoms with Crippen LogP contribution >= 0.6 is 34.8 Å². The molecule has 0 saturated heterocycles. The fourth-order valence-corrected chi connectivity index (χ4v) is 3.67. The summed E-state index contributed by atoms with van der Waals surface area (Å²) < 4.78 is 6.17. The summed E-state index contributed by atoms with van der Waals surface area (Å²) in [5.74, 6) is 0.823. The summed E-state index contributed by atoms with van der Waals surface area (Å²) in [6, 6.07) is 25.4. The zero-order valence-electron chi connectivity index (χ0n) is 15.5. The largest absolute Gasteiger partial charge is 0.489 e. The number of rotatable bonds is 6. The van der Waals surface area contributed by atoms with E-state index >= 15 is 0 Å². The van der Waals surface area contributed by atoms with E-state index in [0.717, 1.165) is 33.3 Å². The van der Waals surface area contributed by atoms with Crippen LogP contribution in [0.2, 0.25) is 15.1 Å². The van der Waals surface area contributed by atoms with Crippen molar-refractivity contribution >= 4 is 51.3 Å². The molecule has 1 N–H and O–H groups in total. The summed E-state index contributed by atoms with van der Waals surface area (Å²) in [7, 11) is 0. The van der Waals surface area contributed by atoms with Gasteiger partial charge in [0.05, 0.1) is 10.7 Å². The summed E-state index contributed by atoms with van der Waals surface area (Å²) in [5, 5.41) is 7.65. The molecule has 4 rings (SSSR count). The van der Waals surface area contributed by atoms with Crippen molar-refractivity contribution in [2.75, 3.05) is 5.32 Å². The Morgan fingerprint density at radius 2 is 1.52 bits per heavy atom. The van der Waals surface area contributed by atoms with E-state index in [2.05, 4.69) is 23.5 Å². The molecule has 0 atom stereocenters. The van der Waals surface area contributed by atoms with E-state index in [1.165, 1.54) is 0 Å². The van der Waals surface area contributed by atoms with Gasteiger partial charge in [0.25, 0.3) is 0 Å². The lowest BCUT2D eigenvalue weighted by molar-refractivity contribution is 0.304. The van der Waals surface area contributed by atoms with Gasteiger partial charge in [0.1, 0.15) is 12.4 Å². The van der Waals surface area contributed by atoms with Crippen molar-refractivity contribution in [3.05, 3.63) is 105 Å². The quantitative estimate of drug-likeness (QED) is 0.327. The van der Waals surface area contributed by atoms with E-state index in [4.69, 9.17) is 39.5 Å². The van der Waals surface area contributed by atoms with Gasteiger partial charge in [-0.15, -0.1) is 0 Å². The van der Waals surface area contributed by atoms with Crippen LogP contribution in [0.3, 0.4) is 0 Å². The van der Waals surface area contributed by atoms with Crippen molar-refractivity contribution in [3.8, 4) is 5.75 Å². The summed E-state index contributed by atoms with van der Waals surface area (Å²) in [6.07, 6.45) is 0. The molecule has 4 aromatic rings. The van der Waals surface area contributed by atoms with Gasteiger partial charge in [0, 0.05) is 22.2 Å². The summed E-state index contributed by atoms with van der Waals surface area (Å²) >= 11 is 18.4. The average Bonchev–Trinajstić information content (AvgIpc) is 2.74. The third-order valence-corrected chi connectivity index (χ3v) is 5.51. The summed E-state index contributed by atoms with van der Waals surface area (Å²) in [6.45, 7) is 1.01. The molecule has 146 valence electrons. The molecule has 0 unspecified atom stereocenters. The lowest BCUT2D eigenvalue weighted by Crippen LogP contribution is -2.05. The molecule has 0 spiro atoms. The van der Waals surface area contributed by atoms with Gasteiger partial charge >= 0.3 is 0 Å². The minimum atomic E-state index is 0.459. The summed E-state index contributed by atoms with van der Waals surface area (Å²) in [5.41, 5.74) is 2.91. The molecule has 0 aromatic heterocycles. The highest BCUT2D eigenvalue weighted by Gasteiger charge is 2.11. The van der Waals surface area contributed by atoms with Crippen molar-refractivity contribution in [2.24, 2.45) is 0 Å². The molecule has 0 heterocycles. The molecule has 29 heavy (non-hydrogen) atoms. The number of nitrogens with one attached hydrogen (secondary N) is 1. The lowest BCUT2D eigenvalue weighted by atomic mass is 10.0. The maximum absolute atomic E-state index is 6.31. The number of anilines is 1. The van der Waals surface area contributed by atoms with Crippen LogP contribution in [0.4, 0.5) is 5.69 Å². The van der Waals surface area contributed by atoms with E-state index in [1.54, 1.807) is 12.1 Å². The van der Waals surface area contributed by atoms with Crippen LogP contribution in [0.15, 0.2) is 78.9 Å². The Morgan fingerprint density at radius 1 is 0.759 bits per heavy atom. The zero-order chi connectivity index (χ0) is 20.2. The van der Waals surface area contributed by atoms with Crippen LogP contribution in [-0.2, 0) is 13.2 Å². The van der Waals surface area contributed by atoms with Gasteiger partial charge in [-0.3, -0.25) is 0 Å². The SMILES string of the molecule is Clc1ccc(COc2ccc3ccccc3c2CNc2cc(Cl)ccc2Cl)cc1. The first-order valence-electron chi connectivity index (χ1n) is 9.17. The number of hydrogen-bond acceptors (Lipinski definition) is 2. The Bertz CT molecular complexity index is 1140. The second-order valence-corrected chi connectivity index (χ2v) is 7.94. The maximum Gasteiger partial charge on any atom is 0.125 e. The number of halogens is 3.